The van der Waals surface area contributed by atoms with E-state index in [1.807, 2.05) is 0 Å². The first-order valence-corrected chi connectivity index (χ1v) is 9.23. The van der Waals surface area contributed by atoms with Crippen molar-refractivity contribution in [3.63, 3.8) is 0 Å². The van der Waals surface area contributed by atoms with Gasteiger partial charge in [-0.3, -0.25) is 0 Å². The van der Waals surface area contributed by atoms with E-state index in [9.17, 15) is 4.79 Å². The summed E-state index contributed by atoms with van der Waals surface area (Å²) in [4.78, 5) is 12.1. The van der Waals surface area contributed by atoms with Gasteiger partial charge < -0.3 is 4.79 Å². The highest BCUT2D eigenvalue weighted by Crippen LogP contribution is 2.50. The third-order valence-electron chi connectivity index (χ3n) is 6.50. The van der Waals surface area contributed by atoms with Crippen molar-refractivity contribution in [3.8, 4) is 0 Å². The molecule has 0 aromatic rings. The Hall–Kier alpha value is -0.330. The molecule has 1 unspecified atom stereocenters. The lowest BCUT2D eigenvalue weighted by molar-refractivity contribution is -0.126. The Morgan fingerprint density at radius 1 is 0.900 bits per heavy atom. The van der Waals surface area contributed by atoms with Crippen LogP contribution in [-0.2, 0) is 4.79 Å². The zero-order chi connectivity index (χ0) is 14.4. The van der Waals surface area contributed by atoms with Gasteiger partial charge in [-0.25, -0.2) is 0 Å². The van der Waals surface area contributed by atoms with Crippen molar-refractivity contribution in [2.24, 2.45) is 23.2 Å². The zero-order valence-electron chi connectivity index (χ0n) is 13.7. The second kappa shape index (κ2) is 7.61. The Balaban J connectivity index is 2.02. The van der Waals surface area contributed by atoms with Crippen LogP contribution in [0, 0.1) is 23.2 Å². The van der Waals surface area contributed by atoms with Crippen LogP contribution in [0.4, 0.5) is 0 Å². The molecule has 0 spiro atoms. The normalized spacial score (nSPS) is 31.7. The fourth-order valence-electron chi connectivity index (χ4n) is 5.22. The van der Waals surface area contributed by atoms with E-state index in [4.69, 9.17) is 0 Å². The van der Waals surface area contributed by atoms with Gasteiger partial charge in [-0.2, -0.15) is 0 Å². The number of rotatable bonds is 6. The van der Waals surface area contributed by atoms with Gasteiger partial charge in [-0.05, 0) is 49.9 Å². The molecule has 0 radical (unpaired) electrons. The van der Waals surface area contributed by atoms with Crippen LogP contribution in [0.5, 0.6) is 0 Å². The largest absolute Gasteiger partial charge is 0.303 e. The molecule has 0 aliphatic heterocycles. The van der Waals surface area contributed by atoms with Crippen LogP contribution >= 0.6 is 0 Å². The number of aldehydes is 1. The van der Waals surface area contributed by atoms with Gasteiger partial charge in [0.05, 0.1) is 0 Å². The molecule has 116 valence electrons. The van der Waals surface area contributed by atoms with Crippen molar-refractivity contribution in [2.75, 3.05) is 0 Å². The summed E-state index contributed by atoms with van der Waals surface area (Å²) < 4.78 is 0. The molecule has 2 fully saturated rings. The average molecular weight is 278 g/mol. The molecule has 0 heterocycles. The summed E-state index contributed by atoms with van der Waals surface area (Å²) in [5, 5.41) is 0. The predicted octanol–water partition coefficient (Wildman–Crippen LogP) is 5.77. The Morgan fingerprint density at radius 2 is 1.50 bits per heavy atom. The highest BCUT2D eigenvalue weighted by molar-refractivity contribution is 5.60. The molecular formula is C19H34O. The fourth-order valence-corrected chi connectivity index (χ4v) is 5.22. The summed E-state index contributed by atoms with van der Waals surface area (Å²) in [6.07, 6.45) is 17.3. The summed E-state index contributed by atoms with van der Waals surface area (Å²) in [6, 6.07) is 0. The van der Waals surface area contributed by atoms with E-state index in [0.29, 0.717) is 11.8 Å². The molecule has 2 rings (SSSR count). The highest BCUT2D eigenvalue weighted by Gasteiger charge is 2.44. The van der Waals surface area contributed by atoms with Crippen molar-refractivity contribution >= 4 is 6.29 Å². The van der Waals surface area contributed by atoms with Crippen molar-refractivity contribution in [1.29, 1.82) is 0 Å². The van der Waals surface area contributed by atoms with E-state index in [1.54, 1.807) is 0 Å². The van der Waals surface area contributed by atoms with E-state index in [-0.39, 0.29) is 5.41 Å². The molecule has 20 heavy (non-hydrogen) atoms. The Labute approximate surface area is 125 Å². The number of hydrogen-bond acceptors (Lipinski definition) is 1. The summed E-state index contributed by atoms with van der Waals surface area (Å²) in [7, 11) is 0. The molecule has 2 saturated carbocycles. The summed E-state index contributed by atoms with van der Waals surface area (Å²) >= 11 is 0. The predicted molar refractivity (Wildman–Crippen MR) is 85.7 cm³/mol. The summed E-state index contributed by atoms with van der Waals surface area (Å²) in [6.45, 7) is 4.57. The maximum Gasteiger partial charge on any atom is 0.126 e. The van der Waals surface area contributed by atoms with E-state index < -0.39 is 0 Å². The van der Waals surface area contributed by atoms with Crippen LogP contribution in [0.2, 0.25) is 0 Å². The summed E-state index contributed by atoms with van der Waals surface area (Å²) in [5.41, 5.74) is 0.0254. The lowest BCUT2D eigenvalue weighted by atomic mass is 9.57. The molecule has 2 aliphatic carbocycles. The van der Waals surface area contributed by atoms with Gasteiger partial charge in [0.15, 0.2) is 0 Å². The third kappa shape index (κ3) is 3.28. The average Bonchev–Trinajstić information content (AvgIpc) is 2.52. The second-order valence-corrected chi connectivity index (χ2v) is 7.43. The first-order chi connectivity index (χ1) is 9.76. The first-order valence-electron chi connectivity index (χ1n) is 9.23. The quantitative estimate of drug-likeness (QED) is 0.564. The summed E-state index contributed by atoms with van der Waals surface area (Å²) in [5.74, 6) is 2.32. The minimum absolute atomic E-state index is 0.0254. The van der Waals surface area contributed by atoms with Crippen LogP contribution in [0.1, 0.15) is 90.9 Å². The van der Waals surface area contributed by atoms with Gasteiger partial charge in [-0.15, -0.1) is 0 Å². The van der Waals surface area contributed by atoms with Gasteiger partial charge in [0.2, 0.25) is 0 Å². The lowest BCUT2D eigenvalue weighted by Gasteiger charge is -2.46. The fraction of sp³-hybridized carbons (Fsp3) is 0.947. The van der Waals surface area contributed by atoms with Crippen molar-refractivity contribution in [1.82, 2.24) is 0 Å². The molecule has 0 amide bonds. The van der Waals surface area contributed by atoms with Crippen LogP contribution in [-0.4, -0.2) is 6.29 Å². The molecule has 1 nitrogen and oxygen atoms in total. The molecule has 0 aromatic heterocycles. The Morgan fingerprint density at radius 3 is 2.00 bits per heavy atom. The Bertz CT molecular complexity index is 284. The van der Waals surface area contributed by atoms with Gasteiger partial charge in [0.1, 0.15) is 6.29 Å². The van der Waals surface area contributed by atoms with Crippen molar-refractivity contribution < 1.29 is 4.79 Å². The van der Waals surface area contributed by atoms with E-state index in [0.717, 1.165) is 12.3 Å². The smallest absolute Gasteiger partial charge is 0.126 e. The van der Waals surface area contributed by atoms with Gasteiger partial charge in [0, 0.05) is 5.41 Å². The maximum atomic E-state index is 12.1. The molecule has 1 atom stereocenters. The molecule has 1 heteroatoms. The number of carbonyl (C=O) groups excluding carboxylic acids is 1. The van der Waals surface area contributed by atoms with E-state index >= 15 is 0 Å². The third-order valence-corrected chi connectivity index (χ3v) is 6.50. The van der Waals surface area contributed by atoms with Crippen molar-refractivity contribution in [2.45, 2.75) is 90.9 Å². The molecule has 0 bridgehead atoms. The number of hydrogen-bond donors (Lipinski definition) is 0. The Kier molecular flexibility index (Phi) is 6.11. The highest BCUT2D eigenvalue weighted by atomic mass is 16.1. The van der Waals surface area contributed by atoms with E-state index in [2.05, 4.69) is 13.8 Å². The van der Waals surface area contributed by atoms with Gasteiger partial charge in [0.25, 0.3) is 0 Å². The SMILES string of the molecule is CCCC1CCC(C(C=O)(CC)C2CCCCC2)CC1. The van der Waals surface area contributed by atoms with Crippen LogP contribution < -0.4 is 0 Å². The van der Waals surface area contributed by atoms with Crippen molar-refractivity contribution in [3.05, 3.63) is 0 Å². The molecular weight excluding hydrogens is 244 g/mol. The topological polar surface area (TPSA) is 17.1 Å². The molecule has 0 N–H and O–H groups in total. The molecule has 2 aliphatic rings. The molecule has 0 saturated heterocycles. The minimum Gasteiger partial charge on any atom is -0.303 e. The van der Waals surface area contributed by atoms with Gasteiger partial charge in [-0.1, -0.05) is 58.8 Å². The minimum atomic E-state index is 0.0254. The van der Waals surface area contributed by atoms with E-state index in [1.165, 1.54) is 76.9 Å². The molecule has 0 aromatic carbocycles. The van der Waals surface area contributed by atoms with Gasteiger partial charge >= 0.3 is 0 Å². The lowest BCUT2D eigenvalue weighted by Crippen LogP contribution is -2.42. The number of carbonyl (C=O) groups is 1. The maximum absolute atomic E-state index is 12.1. The monoisotopic (exact) mass is 278 g/mol. The zero-order valence-corrected chi connectivity index (χ0v) is 13.7. The van der Waals surface area contributed by atoms with Crippen LogP contribution in [0.3, 0.4) is 0 Å². The van der Waals surface area contributed by atoms with Crippen LogP contribution in [0.25, 0.3) is 0 Å². The standard InChI is InChI=1S/C19H34O/c1-3-8-16-11-13-18(14-12-16)19(4-2,15-20)17-9-6-5-7-10-17/h15-18H,3-14H2,1-2H3. The second-order valence-electron chi connectivity index (χ2n) is 7.43. The van der Waals surface area contributed by atoms with Crippen LogP contribution in [0.15, 0.2) is 0 Å². The first kappa shape index (κ1) is 16.0.